The molecule has 154 valence electrons. The van der Waals surface area contributed by atoms with Crippen LogP contribution in [-0.2, 0) is 20.7 Å². The number of carbonyl (C=O) groups excluding carboxylic acids is 2. The molecule has 1 atom stereocenters. The summed E-state index contributed by atoms with van der Waals surface area (Å²) in [4.78, 5) is 26.1. The quantitative estimate of drug-likeness (QED) is 0.738. The monoisotopic (exact) mass is 398 g/mol. The Hall–Kier alpha value is -3.06. The molecule has 0 radical (unpaired) electrons. The first kappa shape index (κ1) is 20.7. The summed E-state index contributed by atoms with van der Waals surface area (Å²) in [5.74, 6) is 1.35. The van der Waals surface area contributed by atoms with Crippen molar-refractivity contribution < 1.29 is 23.8 Å². The Bertz CT molecular complexity index is 837. The zero-order valence-corrected chi connectivity index (χ0v) is 16.7. The third-order valence-electron chi connectivity index (χ3n) is 4.85. The molecule has 2 aromatic rings. The maximum absolute atomic E-state index is 12.2. The fraction of sp³-hybridized carbons (Fsp3) is 0.364. The van der Waals surface area contributed by atoms with Crippen molar-refractivity contribution in [2.45, 2.75) is 18.9 Å². The first-order valence-corrected chi connectivity index (χ1v) is 9.55. The minimum atomic E-state index is -0.259. The predicted molar refractivity (Wildman–Crippen MR) is 109 cm³/mol. The van der Waals surface area contributed by atoms with Crippen molar-refractivity contribution in [3.63, 3.8) is 0 Å². The smallest absolute Gasteiger partial charge is 0.253 e. The van der Waals surface area contributed by atoms with Gasteiger partial charge in [0.25, 0.3) is 5.91 Å². The van der Waals surface area contributed by atoms with E-state index in [1.54, 1.807) is 19.1 Å². The number of rotatable bonds is 8. The number of morpholine rings is 1. The van der Waals surface area contributed by atoms with Crippen LogP contribution in [0.25, 0.3) is 0 Å². The second kappa shape index (κ2) is 9.93. The lowest BCUT2D eigenvalue weighted by Gasteiger charge is -2.33. The van der Waals surface area contributed by atoms with Gasteiger partial charge < -0.3 is 24.4 Å². The lowest BCUT2D eigenvalue weighted by atomic mass is 10.1. The van der Waals surface area contributed by atoms with E-state index in [-0.39, 0.29) is 24.5 Å². The van der Waals surface area contributed by atoms with E-state index in [4.69, 9.17) is 14.2 Å². The summed E-state index contributed by atoms with van der Waals surface area (Å²) < 4.78 is 16.1. The minimum Gasteiger partial charge on any atom is -0.497 e. The third-order valence-corrected chi connectivity index (χ3v) is 4.85. The number of para-hydroxylation sites is 1. The molecule has 3 rings (SSSR count). The highest BCUT2D eigenvalue weighted by molar-refractivity contribution is 5.95. The Balaban J connectivity index is 1.49. The Morgan fingerprint density at radius 3 is 2.62 bits per heavy atom. The van der Waals surface area contributed by atoms with Crippen LogP contribution >= 0.6 is 0 Å². The standard InChI is InChI=1S/C22H26N2O5/c1-27-18-10-8-17(9-11-18)24-14-19(29-15-22(24)26)13-23-21(25)12-7-16-5-3-4-6-20(16)28-2/h3-6,8-11,19H,7,12-15H2,1-2H3,(H,23,25). The molecule has 2 aromatic carbocycles. The SMILES string of the molecule is COc1ccc(N2CC(CNC(=O)CCc3ccccc3OC)OCC2=O)cc1. The van der Waals surface area contributed by atoms with E-state index in [1.807, 2.05) is 48.5 Å². The van der Waals surface area contributed by atoms with Crippen molar-refractivity contribution >= 4 is 17.5 Å². The van der Waals surface area contributed by atoms with Gasteiger partial charge in [-0.2, -0.15) is 0 Å². The van der Waals surface area contributed by atoms with E-state index in [0.717, 1.165) is 22.7 Å². The van der Waals surface area contributed by atoms with Crippen molar-refractivity contribution in [1.82, 2.24) is 5.32 Å². The first-order chi connectivity index (χ1) is 14.1. The molecule has 0 spiro atoms. The van der Waals surface area contributed by atoms with Gasteiger partial charge in [-0.1, -0.05) is 18.2 Å². The number of nitrogens with one attached hydrogen (secondary N) is 1. The summed E-state index contributed by atoms with van der Waals surface area (Å²) in [6.07, 6.45) is 0.691. The minimum absolute atomic E-state index is 0.00617. The maximum atomic E-state index is 12.2. The van der Waals surface area contributed by atoms with Crippen molar-refractivity contribution in [3.8, 4) is 11.5 Å². The van der Waals surface area contributed by atoms with Gasteiger partial charge in [0.15, 0.2) is 0 Å². The molecule has 1 aliphatic heterocycles. The van der Waals surface area contributed by atoms with E-state index in [9.17, 15) is 9.59 Å². The van der Waals surface area contributed by atoms with Gasteiger partial charge in [0.05, 0.1) is 26.9 Å². The Kier molecular flexibility index (Phi) is 7.08. The maximum Gasteiger partial charge on any atom is 0.253 e. The van der Waals surface area contributed by atoms with Crippen LogP contribution in [-0.4, -0.2) is 51.8 Å². The summed E-state index contributed by atoms with van der Waals surface area (Å²) in [5.41, 5.74) is 1.78. The van der Waals surface area contributed by atoms with Gasteiger partial charge in [-0.15, -0.1) is 0 Å². The summed E-state index contributed by atoms with van der Waals surface area (Å²) in [5, 5.41) is 2.90. The van der Waals surface area contributed by atoms with Gasteiger partial charge >= 0.3 is 0 Å². The summed E-state index contributed by atoms with van der Waals surface area (Å²) in [7, 11) is 3.22. The molecule has 1 saturated heterocycles. The fourth-order valence-corrected chi connectivity index (χ4v) is 3.23. The Morgan fingerprint density at radius 1 is 1.14 bits per heavy atom. The molecule has 0 saturated carbocycles. The molecule has 1 N–H and O–H groups in total. The molecule has 1 heterocycles. The van der Waals surface area contributed by atoms with Crippen molar-refractivity contribution in [2.24, 2.45) is 0 Å². The van der Waals surface area contributed by atoms with Crippen LogP contribution in [0.1, 0.15) is 12.0 Å². The van der Waals surface area contributed by atoms with Gasteiger partial charge in [-0.05, 0) is 42.3 Å². The van der Waals surface area contributed by atoms with Crippen LogP contribution < -0.4 is 19.7 Å². The topological polar surface area (TPSA) is 77.1 Å². The number of nitrogens with zero attached hydrogens (tertiary/aromatic N) is 1. The molecular formula is C22H26N2O5. The molecule has 0 bridgehead atoms. The zero-order valence-electron chi connectivity index (χ0n) is 16.7. The highest BCUT2D eigenvalue weighted by atomic mass is 16.5. The molecular weight excluding hydrogens is 372 g/mol. The van der Waals surface area contributed by atoms with Crippen LogP contribution in [0.5, 0.6) is 11.5 Å². The number of benzene rings is 2. The Morgan fingerprint density at radius 2 is 1.90 bits per heavy atom. The zero-order chi connectivity index (χ0) is 20.6. The summed E-state index contributed by atoms with van der Waals surface area (Å²) >= 11 is 0. The van der Waals surface area contributed by atoms with Crippen molar-refractivity contribution in [1.29, 1.82) is 0 Å². The first-order valence-electron chi connectivity index (χ1n) is 9.55. The predicted octanol–water partition coefficient (Wildman–Crippen LogP) is 2.18. The van der Waals surface area contributed by atoms with E-state index >= 15 is 0 Å². The average molecular weight is 398 g/mol. The lowest BCUT2D eigenvalue weighted by Crippen LogP contribution is -2.50. The van der Waals surface area contributed by atoms with Crippen LogP contribution in [0.2, 0.25) is 0 Å². The van der Waals surface area contributed by atoms with E-state index in [2.05, 4.69) is 5.32 Å². The number of hydrogen-bond donors (Lipinski definition) is 1. The number of aryl methyl sites for hydroxylation is 1. The highest BCUT2D eigenvalue weighted by Gasteiger charge is 2.27. The molecule has 29 heavy (non-hydrogen) atoms. The van der Waals surface area contributed by atoms with E-state index < -0.39 is 0 Å². The third kappa shape index (κ3) is 5.48. The van der Waals surface area contributed by atoms with Crippen molar-refractivity contribution in [3.05, 3.63) is 54.1 Å². The van der Waals surface area contributed by atoms with Crippen LogP contribution in [0, 0.1) is 0 Å². The molecule has 1 unspecified atom stereocenters. The Labute approximate surface area is 170 Å². The molecule has 7 nitrogen and oxygen atoms in total. The van der Waals surface area contributed by atoms with Crippen LogP contribution in [0.3, 0.4) is 0 Å². The van der Waals surface area contributed by atoms with Gasteiger partial charge in [-0.3, -0.25) is 9.59 Å². The second-order valence-corrected chi connectivity index (χ2v) is 6.75. The highest BCUT2D eigenvalue weighted by Crippen LogP contribution is 2.22. The summed E-state index contributed by atoms with van der Waals surface area (Å²) in [6, 6.07) is 15.0. The second-order valence-electron chi connectivity index (χ2n) is 6.75. The van der Waals surface area contributed by atoms with Crippen molar-refractivity contribution in [2.75, 3.05) is 38.8 Å². The van der Waals surface area contributed by atoms with Crippen LogP contribution in [0.4, 0.5) is 5.69 Å². The molecule has 0 aromatic heterocycles. The molecule has 7 heteroatoms. The van der Waals surface area contributed by atoms with Crippen LogP contribution in [0.15, 0.2) is 48.5 Å². The van der Waals surface area contributed by atoms with E-state index in [0.29, 0.717) is 25.9 Å². The molecule has 1 fully saturated rings. The molecule has 0 aliphatic carbocycles. The number of methoxy groups -OCH3 is 2. The lowest BCUT2D eigenvalue weighted by molar-refractivity contribution is -0.129. The van der Waals surface area contributed by atoms with Gasteiger partial charge in [0.2, 0.25) is 5.91 Å². The van der Waals surface area contributed by atoms with Gasteiger partial charge in [-0.25, -0.2) is 0 Å². The fourth-order valence-electron chi connectivity index (χ4n) is 3.23. The number of hydrogen-bond acceptors (Lipinski definition) is 5. The number of amides is 2. The average Bonchev–Trinajstić information content (AvgIpc) is 2.77. The summed E-state index contributed by atoms with van der Waals surface area (Å²) in [6.45, 7) is 0.733. The number of anilines is 1. The van der Waals surface area contributed by atoms with Gasteiger partial charge in [0.1, 0.15) is 18.1 Å². The largest absolute Gasteiger partial charge is 0.497 e. The normalized spacial score (nSPS) is 16.4. The molecule has 2 amide bonds. The number of ether oxygens (including phenoxy) is 3. The number of carbonyl (C=O) groups is 2. The van der Waals surface area contributed by atoms with E-state index in [1.165, 1.54) is 0 Å². The van der Waals surface area contributed by atoms with Gasteiger partial charge in [0, 0.05) is 18.7 Å². The molecule has 1 aliphatic rings.